The SMILES string of the molecule is C[C@H]1CC[C@H](O)CC1=O. The summed E-state index contributed by atoms with van der Waals surface area (Å²) in [6, 6.07) is 0. The van der Waals surface area contributed by atoms with Crippen LogP contribution in [0.15, 0.2) is 0 Å². The highest BCUT2D eigenvalue weighted by Crippen LogP contribution is 2.19. The standard InChI is InChI=1S/C7H12O2/c1-5-2-3-6(8)4-7(5)9/h5-6,8H,2-4H2,1H3/t5-,6-/m0/s1. The maximum absolute atomic E-state index is 10.8. The molecule has 0 bridgehead atoms. The monoisotopic (exact) mass is 128 g/mol. The number of hydrogen-bond donors (Lipinski definition) is 1. The van der Waals surface area contributed by atoms with Crippen molar-refractivity contribution in [1.29, 1.82) is 0 Å². The van der Waals surface area contributed by atoms with Crippen LogP contribution < -0.4 is 0 Å². The lowest BCUT2D eigenvalue weighted by Crippen LogP contribution is -2.25. The van der Waals surface area contributed by atoms with Crippen LogP contribution in [0.4, 0.5) is 0 Å². The average Bonchev–Trinajstić information content (AvgIpc) is 1.80. The molecule has 0 aromatic carbocycles. The number of carbonyl (C=O) groups excluding carboxylic acids is 1. The number of Topliss-reactive ketones (excluding diaryl/α,β-unsaturated/α-hetero) is 1. The van der Waals surface area contributed by atoms with Gasteiger partial charge in [-0.3, -0.25) is 4.79 Å². The van der Waals surface area contributed by atoms with Crippen LogP contribution in [0.25, 0.3) is 0 Å². The van der Waals surface area contributed by atoms with Crippen molar-refractivity contribution >= 4 is 5.78 Å². The Labute approximate surface area is 54.9 Å². The Kier molecular flexibility index (Phi) is 1.86. The van der Waals surface area contributed by atoms with E-state index in [1.165, 1.54) is 0 Å². The number of hydrogen-bond acceptors (Lipinski definition) is 2. The summed E-state index contributed by atoms with van der Waals surface area (Å²) in [6.07, 6.45) is 1.68. The Morgan fingerprint density at radius 2 is 2.22 bits per heavy atom. The van der Waals surface area contributed by atoms with Crippen molar-refractivity contribution in [1.82, 2.24) is 0 Å². The smallest absolute Gasteiger partial charge is 0.138 e. The molecule has 0 aliphatic heterocycles. The van der Waals surface area contributed by atoms with Crippen LogP contribution in [-0.2, 0) is 4.79 Å². The van der Waals surface area contributed by atoms with Crippen LogP contribution >= 0.6 is 0 Å². The molecule has 2 atom stereocenters. The lowest BCUT2D eigenvalue weighted by Gasteiger charge is -2.20. The lowest BCUT2D eigenvalue weighted by atomic mass is 9.88. The predicted octanol–water partition coefficient (Wildman–Crippen LogP) is 0.736. The molecule has 2 heteroatoms. The molecule has 1 saturated carbocycles. The van der Waals surface area contributed by atoms with Crippen molar-refractivity contribution in [2.24, 2.45) is 5.92 Å². The molecule has 1 N–H and O–H groups in total. The highest BCUT2D eigenvalue weighted by Gasteiger charge is 2.23. The Hall–Kier alpha value is -0.370. The predicted molar refractivity (Wildman–Crippen MR) is 34.0 cm³/mol. The van der Waals surface area contributed by atoms with Crippen LogP contribution in [0.5, 0.6) is 0 Å². The third-order valence-electron chi connectivity index (χ3n) is 1.92. The van der Waals surface area contributed by atoms with Gasteiger partial charge in [-0.05, 0) is 12.8 Å². The van der Waals surface area contributed by atoms with E-state index >= 15 is 0 Å². The maximum Gasteiger partial charge on any atom is 0.138 e. The Morgan fingerprint density at radius 1 is 1.56 bits per heavy atom. The molecule has 1 aliphatic carbocycles. The molecular formula is C7H12O2. The van der Waals surface area contributed by atoms with E-state index in [0.29, 0.717) is 6.42 Å². The van der Waals surface area contributed by atoms with Crippen LogP contribution in [0, 0.1) is 5.92 Å². The van der Waals surface area contributed by atoms with Crippen molar-refractivity contribution < 1.29 is 9.90 Å². The Morgan fingerprint density at radius 3 is 2.67 bits per heavy atom. The van der Waals surface area contributed by atoms with Gasteiger partial charge >= 0.3 is 0 Å². The zero-order chi connectivity index (χ0) is 6.85. The first kappa shape index (κ1) is 6.75. The van der Waals surface area contributed by atoms with Gasteiger partial charge in [0, 0.05) is 12.3 Å². The van der Waals surface area contributed by atoms with Gasteiger partial charge in [0.05, 0.1) is 6.10 Å². The normalized spacial score (nSPS) is 36.9. The number of aliphatic hydroxyl groups excluding tert-OH is 1. The molecule has 0 aromatic rings. The van der Waals surface area contributed by atoms with Crippen molar-refractivity contribution in [2.45, 2.75) is 32.3 Å². The average molecular weight is 128 g/mol. The molecule has 1 aliphatic rings. The van der Waals surface area contributed by atoms with Gasteiger partial charge in [-0.15, -0.1) is 0 Å². The maximum atomic E-state index is 10.8. The molecule has 0 saturated heterocycles. The molecule has 0 radical (unpaired) electrons. The molecule has 52 valence electrons. The minimum Gasteiger partial charge on any atom is -0.393 e. The minimum atomic E-state index is -0.353. The molecule has 0 unspecified atom stereocenters. The van der Waals surface area contributed by atoms with E-state index in [9.17, 15) is 4.79 Å². The fourth-order valence-electron chi connectivity index (χ4n) is 1.14. The Bertz CT molecular complexity index is 120. The molecule has 0 amide bonds. The first-order chi connectivity index (χ1) is 4.20. The van der Waals surface area contributed by atoms with Gasteiger partial charge in [0.15, 0.2) is 0 Å². The van der Waals surface area contributed by atoms with E-state index < -0.39 is 0 Å². The van der Waals surface area contributed by atoms with Gasteiger partial charge in [-0.25, -0.2) is 0 Å². The highest BCUT2D eigenvalue weighted by atomic mass is 16.3. The summed E-state index contributed by atoms with van der Waals surface area (Å²) in [6.45, 7) is 1.92. The first-order valence-corrected chi connectivity index (χ1v) is 3.41. The molecule has 1 fully saturated rings. The van der Waals surface area contributed by atoms with Crippen LogP contribution in [-0.4, -0.2) is 17.0 Å². The first-order valence-electron chi connectivity index (χ1n) is 3.41. The van der Waals surface area contributed by atoms with Crippen molar-refractivity contribution in [2.75, 3.05) is 0 Å². The molecule has 0 aromatic heterocycles. The lowest BCUT2D eigenvalue weighted by molar-refractivity contribution is -0.127. The van der Waals surface area contributed by atoms with E-state index in [4.69, 9.17) is 5.11 Å². The van der Waals surface area contributed by atoms with Gasteiger partial charge < -0.3 is 5.11 Å². The molecule has 0 heterocycles. The third-order valence-corrected chi connectivity index (χ3v) is 1.92. The zero-order valence-electron chi connectivity index (χ0n) is 5.63. The minimum absolute atomic E-state index is 0.188. The second-order valence-corrected chi connectivity index (χ2v) is 2.80. The second-order valence-electron chi connectivity index (χ2n) is 2.80. The second kappa shape index (κ2) is 2.48. The summed E-state index contributed by atoms with van der Waals surface area (Å²) in [7, 11) is 0. The number of ketones is 1. The van der Waals surface area contributed by atoms with E-state index in [0.717, 1.165) is 12.8 Å². The topological polar surface area (TPSA) is 37.3 Å². The summed E-state index contributed by atoms with van der Waals surface area (Å²) in [5, 5.41) is 8.98. The van der Waals surface area contributed by atoms with E-state index in [2.05, 4.69) is 0 Å². The quantitative estimate of drug-likeness (QED) is 0.522. The number of carbonyl (C=O) groups is 1. The highest BCUT2D eigenvalue weighted by molar-refractivity contribution is 5.81. The zero-order valence-corrected chi connectivity index (χ0v) is 5.63. The largest absolute Gasteiger partial charge is 0.393 e. The van der Waals surface area contributed by atoms with Crippen molar-refractivity contribution in [3.63, 3.8) is 0 Å². The van der Waals surface area contributed by atoms with Crippen LogP contribution in [0.2, 0.25) is 0 Å². The van der Waals surface area contributed by atoms with E-state index in [1.54, 1.807) is 0 Å². The van der Waals surface area contributed by atoms with E-state index in [1.807, 2.05) is 6.92 Å². The van der Waals surface area contributed by atoms with Gasteiger partial charge in [-0.1, -0.05) is 6.92 Å². The molecule has 1 rings (SSSR count). The van der Waals surface area contributed by atoms with Crippen LogP contribution in [0.1, 0.15) is 26.2 Å². The third kappa shape index (κ3) is 1.52. The number of rotatable bonds is 0. The molecule has 2 nitrogen and oxygen atoms in total. The van der Waals surface area contributed by atoms with Gasteiger partial charge in [-0.2, -0.15) is 0 Å². The fraction of sp³-hybridized carbons (Fsp3) is 0.857. The summed E-state index contributed by atoms with van der Waals surface area (Å²) in [4.78, 5) is 10.8. The fourth-order valence-corrected chi connectivity index (χ4v) is 1.14. The van der Waals surface area contributed by atoms with E-state index in [-0.39, 0.29) is 17.8 Å². The summed E-state index contributed by atoms with van der Waals surface area (Å²) < 4.78 is 0. The summed E-state index contributed by atoms with van der Waals surface area (Å²) in [5.41, 5.74) is 0. The van der Waals surface area contributed by atoms with Crippen molar-refractivity contribution in [3.05, 3.63) is 0 Å². The van der Waals surface area contributed by atoms with Crippen molar-refractivity contribution in [3.8, 4) is 0 Å². The molecular weight excluding hydrogens is 116 g/mol. The summed E-state index contributed by atoms with van der Waals surface area (Å²) >= 11 is 0. The Balaban J connectivity index is 2.44. The van der Waals surface area contributed by atoms with Gasteiger partial charge in [0.25, 0.3) is 0 Å². The van der Waals surface area contributed by atoms with Gasteiger partial charge in [0.1, 0.15) is 5.78 Å². The van der Waals surface area contributed by atoms with Crippen LogP contribution in [0.3, 0.4) is 0 Å². The molecule has 0 spiro atoms. The molecule has 9 heavy (non-hydrogen) atoms. The summed E-state index contributed by atoms with van der Waals surface area (Å²) in [5.74, 6) is 0.405. The number of aliphatic hydroxyl groups is 1. The van der Waals surface area contributed by atoms with Gasteiger partial charge in [0.2, 0.25) is 0 Å².